The molecule has 1 aromatic heterocycles. The number of nitrogens with zero attached hydrogens (tertiary/aromatic N) is 1. The van der Waals surface area contributed by atoms with Crippen LogP contribution in [0.2, 0.25) is 0 Å². The number of benzene rings is 1. The lowest BCUT2D eigenvalue weighted by molar-refractivity contribution is -0.150. The number of amides is 1. The van der Waals surface area contributed by atoms with E-state index in [2.05, 4.69) is 10.3 Å². The lowest BCUT2D eigenvalue weighted by Gasteiger charge is -2.26. The molecule has 6 nitrogen and oxygen atoms in total. The van der Waals surface area contributed by atoms with Gasteiger partial charge in [-0.2, -0.15) is 0 Å². The first kappa shape index (κ1) is 18.7. The smallest absolute Gasteiger partial charge is 0.331 e. The first-order valence-electron chi connectivity index (χ1n) is 8.29. The fourth-order valence-corrected chi connectivity index (χ4v) is 2.38. The van der Waals surface area contributed by atoms with E-state index in [4.69, 9.17) is 9.15 Å². The number of rotatable bonds is 7. The average molecular weight is 344 g/mol. The summed E-state index contributed by atoms with van der Waals surface area (Å²) in [5.74, 6) is 0.455. The molecule has 1 heterocycles. The second kappa shape index (κ2) is 7.96. The Labute approximate surface area is 147 Å². The van der Waals surface area contributed by atoms with Crippen molar-refractivity contribution < 1.29 is 18.7 Å². The van der Waals surface area contributed by atoms with Crippen molar-refractivity contribution in [2.24, 2.45) is 0 Å². The third-order valence-electron chi connectivity index (χ3n) is 4.21. The van der Waals surface area contributed by atoms with Crippen molar-refractivity contribution in [3.8, 4) is 11.3 Å². The molecule has 2 aromatic rings. The summed E-state index contributed by atoms with van der Waals surface area (Å²) in [5.41, 5.74) is 1.10. The number of methoxy groups -OCH3 is 1. The van der Waals surface area contributed by atoms with Crippen LogP contribution in [0.25, 0.3) is 11.3 Å². The topological polar surface area (TPSA) is 81.4 Å². The number of carbonyl (C=O) groups is 2. The first-order chi connectivity index (χ1) is 11.9. The second-order valence-corrected chi connectivity index (χ2v) is 6.21. The van der Waals surface area contributed by atoms with Gasteiger partial charge in [0.2, 0.25) is 5.91 Å². The molecule has 134 valence electrons. The molecule has 0 aliphatic heterocycles. The van der Waals surface area contributed by atoms with E-state index in [1.165, 1.54) is 12.7 Å². The monoisotopic (exact) mass is 344 g/mol. The second-order valence-electron chi connectivity index (χ2n) is 6.21. The molecule has 0 spiro atoms. The van der Waals surface area contributed by atoms with Crippen molar-refractivity contribution in [3.05, 3.63) is 41.9 Å². The van der Waals surface area contributed by atoms with Crippen LogP contribution in [0.4, 0.5) is 0 Å². The van der Waals surface area contributed by atoms with Gasteiger partial charge >= 0.3 is 5.97 Å². The van der Waals surface area contributed by atoms with Gasteiger partial charge in [0.25, 0.3) is 0 Å². The number of hydrogen-bond acceptors (Lipinski definition) is 5. The zero-order valence-corrected chi connectivity index (χ0v) is 15.1. The quantitative estimate of drug-likeness (QED) is 0.781. The van der Waals surface area contributed by atoms with E-state index < -0.39 is 11.5 Å². The molecule has 1 atom stereocenters. The Hall–Kier alpha value is -2.63. The molecule has 0 aliphatic rings. The van der Waals surface area contributed by atoms with Crippen molar-refractivity contribution in [3.63, 3.8) is 0 Å². The maximum Gasteiger partial charge on any atom is 0.331 e. The molecule has 0 saturated carbocycles. The van der Waals surface area contributed by atoms with Crippen molar-refractivity contribution in [1.29, 1.82) is 0 Å². The minimum atomic E-state index is -1.02. The van der Waals surface area contributed by atoms with E-state index in [-0.39, 0.29) is 12.3 Å². The highest BCUT2D eigenvalue weighted by atomic mass is 16.5. The lowest BCUT2D eigenvalue weighted by Crippen LogP contribution is -2.52. The van der Waals surface area contributed by atoms with E-state index in [1.807, 2.05) is 38.1 Å². The van der Waals surface area contributed by atoms with Crippen LogP contribution < -0.4 is 5.32 Å². The molecule has 1 N–H and O–H groups in total. The third-order valence-corrected chi connectivity index (χ3v) is 4.21. The third kappa shape index (κ3) is 4.68. The Bertz CT molecular complexity index is 736. The molecule has 0 aliphatic carbocycles. The van der Waals surface area contributed by atoms with Gasteiger partial charge in [-0.3, -0.25) is 4.79 Å². The van der Waals surface area contributed by atoms with E-state index in [0.717, 1.165) is 5.56 Å². The van der Waals surface area contributed by atoms with E-state index in [1.54, 1.807) is 13.1 Å². The lowest BCUT2D eigenvalue weighted by atomic mass is 9.99. The molecule has 6 heteroatoms. The summed E-state index contributed by atoms with van der Waals surface area (Å²) >= 11 is 0. The number of nitrogens with one attached hydrogen (secondary N) is 1. The zero-order valence-electron chi connectivity index (χ0n) is 15.1. The average Bonchev–Trinajstić information content (AvgIpc) is 3.08. The molecular formula is C19H24N2O4. The summed E-state index contributed by atoms with van der Waals surface area (Å²) < 4.78 is 10.4. The Morgan fingerprint density at radius 3 is 2.56 bits per heavy atom. The highest BCUT2D eigenvalue weighted by molar-refractivity contribution is 5.87. The minimum Gasteiger partial charge on any atom is -0.467 e. The summed E-state index contributed by atoms with van der Waals surface area (Å²) in [6.07, 6.45) is 2.64. The maximum atomic E-state index is 12.1. The highest BCUT2D eigenvalue weighted by Gasteiger charge is 2.33. The van der Waals surface area contributed by atoms with Gasteiger partial charge < -0.3 is 14.5 Å². The number of aryl methyl sites for hydroxylation is 2. The Morgan fingerprint density at radius 2 is 1.96 bits per heavy atom. The first-order valence-corrected chi connectivity index (χ1v) is 8.29. The van der Waals surface area contributed by atoms with Crippen LogP contribution in [0.3, 0.4) is 0 Å². The Kier molecular flexibility index (Phi) is 5.96. The Balaban J connectivity index is 1.94. The predicted octanol–water partition coefficient (Wildman–Crippen LogP) is 3.04. The number of aromatic nitrogens is 1. The van der Waals surface area contributed by atoms with Gasteiger partial charge in [-0.25, -0.2) is 9.78 Å². The summed E-state index contributed by atoms with van der Waals surface area (Å²) in [7, 11) is 1.31. The van der Waals surface area contributed by atoms with E-state index in [9.17, 15) is 9.59 Å². The minimum absolute atomic E-state index is 0.181. The van der Waals surface area contributed by atoms with Crippen LogP contribution in [0.5, 0.6) is 0 Å². The summed E-state index contributed by atoms with van der Waals surface area (Å²) in [6.45, 7) is 5.49. The van der Waals surface area contributed by atoms with Gasteiger partial charge in [0.1, 0.15) is 5.54 Å². The van der Waals surface area contributed by atoms with Crippen LogP contribution >= 0.6 is 0 Å². The highest BCUT2D eigenvalue weighted by Crippen LogP contribution is 2.21. The van der Waals surface area contributed by atoms with E-state index >= 15 is 0 Å². The largest absolute Gasteiger partial charge is 0.467 e. The van der Waals surface area contributed by atoms with Crippen LogP contribution in [0.1, 0.15) is 38.1 Å². The fraction of sp³-hybridized carbons (Fsp3) is 0.421. The van der Waals surface area contributed by atoms with Crippen molar-refractivity contribution in [1.82, 2.24) is 10.3 Å². The number of carbonyl (C=O) groups excluding carboxylic acids is 2. The van der Waals surface area contributed by atoms with Gasteiger partial charge in [-0.1, -0.05) is 36.8 Å². The predicted molar refractivity (Wildman–Crippen MR) is 93.9 cm³/mol. The zero-order chi connectivity index (χ0) is 18.4. The van der Waals surface area contributed by atoms with Crippen LogP contribution in [0, 0.1) is 6.92 Å². The number of hydrogen-bond donors (Lipinski definition) is 1. The number of ether oxygens (including phenoxy) is 1. The van der Waals surface area contributed by atoms with E-state index in [0.29, 0.717) is 24.5 Å². The molecule has 2 rings (SSSR count). The van der Waals surface area contributed by atoms with Crippen LogP contribution in [-0.4, -0.2) is 29.5 Å². The molecule has 1 unspecified atom stereocenters. The molecule has 0 radical (unpaired) electrons. The summed E-state index contributed by atoms with van der Waals surface area (Å²) in [4.78, 5) is 28.1. The van der Waals surface area contributed by atoms with Gasteiger partial charge in [0.15, 0.2) is 11.7 Å². The van der Waals surface area contributed by atoms with Crippen molar-refractivity contribution in [2.75, 3.05) is 7.11 Å². The molecular weight excluding hydrogens is 320 g/mol. The summed E-state index contributed by atoms with van der Waals surface area (Å²) in [5, 5.41) is 2.73. The van der Waals surface area contributed by atoms with Crippen molar-refractivity contribution in [2.45, 2.75) is 45.6 Å². The number of esters is 1. The summed E-state index contributed by atoms with van der Waals surface area (Å²) in [6, 6.07) is 7.94. The SMILES string of the molecule is CCC(C)(NC(=O)CCc1ncc(-c2ccc(C)cc2)o1)C(=O)OC. The molecule has 25 heavy (non-hydrogen) atoms. The number of oxazole rings is 1. The van der Waals surface area contributed by atoms with Gasteiger partial charge in [0, 0.05) is 18.4 Å². The molecule has 1 aromatic carbocycles. The van der Waals surface area contributed by atoms with Crippen LogP contribution in [-0.2, 0) is 20.7 Å². The van der Waals surface area contributed by atoms with Crippen molar-refractivity contribution >= 4 is 11.9 Å². The van der Waals surface area contributed by atoms with Gasteiger partial charge in [-0.05, 0) is 20.3 Å². The molecule has 1 amide bonds. The van der Waals surface area contributed by atoms with Gasteiger partial charge in [0.05, 0.1) is 13.3 Å². The molecule has 0 bridgehead atoms. The standard InChI is InChI=1S/C19H24N2O4/c1-5-19(3,18(23)24-4)21-16(22)10-11-17-20-12-15(25-17)14-8-6-13(2)7-9-14/h6-9,12H,5,10-11H2,1-4H3,(H,21,22). The van der Waals surface area contributed by atoms with Gasteiger partial charge in [-0.15, -0.1) is 0 Å². The normalized spacial score (nSPS) is 13.1. The molecule has 0 fully saturated rings. The maximum absolute atomic E-state index is 12.1. The fourth-order valence-electron chi connectivity index (χ4n) is 2.38. The Morgan fingerprint density at radius 1 is 1.28 bits per heavy atom. The van der Waals surface area contributed by atoms with Crippen LogP contribution in [0.15, 0.2) is 34.9 Å². The molecule has 0 saturated heterocycles.